The lowest BCUT2D eigenvalue weighted by molar-refractivity contribution is -0.129. The van der Waals surface area contributed by atoms with E-state index in [9.17, 15) is 9.59 Å². The molecular weight excluding hydrogens is 318 g/mol. The fourth-order valence-corrected chi connectivity index (χ4v) is 2.60. The minimum absolute atomic E-state index is 0. The van der Waals surface area contributed by atoms with Crippen molar-refractivity contribution in [1.29, 1.82) is 0 Å². The number of nitrogens with zero attached hydrogens (tertiary/aromatic N) is 3. The van der Waals surface area contributed by atoms with E-state index in [-0.39, 0.29) is 30.3 Å². The zero-order chi connectivity index (χ0) is 16.4. The molecule has 0 aliphatic heterocycles. The van der Waals surface area contributed by atoms with Gasteiger partial charge in [-0.1, -0.05) is 0 Å². The number of hydrogen-bond acceptors (Lipinski definition) is 4. The van der Waals surface area contributed by atoms with Crippen molar-refractivity contribution in [3.8, 4) is 0 Å². The maximum absolute atomic E-state index is 12.3. The molecule has 0 saturated carbocycles. The van der Waals surface area contributed by atoms with Crippen LogP contribution in [0.1, 0.15) is 16.8 Å². The van der Waals surface area contributed by atoms with Gasteiger partial charge in [0.05, 0.1) is 11.8 Å². The Morgan fingerprint density at radius 1 is 1.39 bits per heavy atom. The van der Waals surface area contributed by atoms with Crippen LogP contribution in [-0.2, 0) is 18.3 Å². The third-order valence-electron chi connectivity index (χ3n) is 4.03. The summed E-state index contributed by atoms with van der Waals surface area (Å²) in [4.78, 5) is 30.5. The Kier molecular flexibility index (Phi) is 6.35. The molecule has 2 N–H and O–H groups in total. The molecule has 0 fully saturated rings. The van der Waals surface area contributed by atoms with Gasteiger partial charge < -0.3 is 10.2 Å². The third-order valence-corrected chi connectivity index (χ3v) is 4.03. The highest BCUT2D eigenvalue weighted by Gasteiger charge is 2.18. The number of halogens is 1. The molecule has 2 heterocycles. The number of aryl methyl sites for hydroxylation is 3. The molecule has 7 nitrogen and oxygen atoms in total. The first-order valence-corrected chi connectivity index (χ1v) is 7.30. The van der Waals surface area contributed by atoms with Crippen molar-refractivity contribution in [3.63, 3.8) is 0 Å². The molecular formula is C15H24ClN5O2. The maximum atomic E-state index is 12.3. The number of amides is 1. The summed E-state index contributed by atoms with van der Waals surface area (Å²) in [6.45, 7) is 5.15. The van der Waals surface area contributed by atoms with E-state index in [1.54, 1.807) is 23.7 Å². The predicted molar refractivity (Wildman–Crippen MR) is 93.3 cm³/mol. The molecule has 0 bridgehead atoms. The van der Waals surface area contributed by atoms with Crippen LogP contribution in [0.4, 0.5) is 0 Å². The lowest BCUT2D eigenvalue weighted by Crippen LogP contribution is -2.34. The van der Waals surface area contributed by atoms with Crippen LogP contribution < -0.4 is 10.9 Å². The molecule has 0 saturated heterocycles. The van der Waals surface area contributed by atoms with Gasteiger partial charge in [-0.3, -0.25) is 19.4 Å². The van der Waals surface area contributed by atoms with Gasteiger partial charge in [0.15, 0.2) is 5.65 Å². The minimum Gasteiger partial charge on any atom is -0.344 e. The Bertz CT molecular complexity index is 765. The fraction of sp³-hybridized carbons (Fsp3) is 0.533. The third kappa shape index (κ3) is 3.73. The number of aromatic nitrogens is 3. The Balaban J connectivity index is 0.00000264. The summed E-state index contributed by atoms with van der Waals surface area (Å²) in [5.74, 6) is 0.0231. The van der Waals surface area contributed by atoms with Gasteiger partial charge in [0, 0.05) is 32.9 Å². The van der Waals surface area contributed by atoms with Gasteiger partial charge >= 0.3 is 0 Å². The number of carbonyl (C=O) groups excluding carboxylic acids is 1. The number of rotatable bonds is 5. The summed E-state index contributed by atoms with van der Waals surface area (Å²) >= 11 is 0. The van der Waals surface area contributed by atoms with E-state index in [0.29, 0.717) is 17.6 Å². The highest BCUT2D eigenvalue weighted by Crippen LogP contribution is 2.20. The predicted octanol–water partition coefficient (Wildman–Crippen LogP) is 0.521. The molecule has 0 unspecified atom stereocenters. The first-order chi connectivity index (χ1) is 10.4. The standard InChI is InChI=1S/C15H23N5O2.ClH/c1-9-11(8-12(21)19(4)7-6-16-3)10(2)17-14-13(9)15(22)18-20(14)5;/h16H,6-8H2,1-5H3,(H,18,22);1H. The Labute approximate surface area is 141 Å². The van der Waals surface area contributed by atoms with Gasteiger partial charge in [-0.15, -0.1) is 12.4 Å². The van der Waals surface area contributed by atoms with Crippen LogP contribution in [0.5, 0.6) is 0 Å². The second-order valence-corrected chi connectivity index (χ2v) is 5.59. The van der Waals surface area contributed by atoms with Gasteiger partial charge in [0.25, 0.3) is 5.56 Å². The van der Waals surface area contributed by atoms with Crippen LogP contribution in [0.3, 0.4) is 0 Å². The number of aromatic amines is 1. The van der Waals surface area contributed by atoms with Crippen molar-refractivity contribution in [3.05, 3.63) is 27.2 Å². The topological polar surface area (TPSA) is 83.0 Å². The van der Waals surface area contributed by atoms with Crippen LogP contribution in [0.25, 0.3) is 11.0 Å². The van der Waals surface area contributed by atoms with E-state index in [1.165, 1.54) is 0 Å². The normalized spacial score (nSPS) is 10.7. The molecule has 8 heteroatoms. The monoisotopic (exact) mass is 341 g/mol. The van der Waals surface area contributed by atoms with Gasteiger partial charge in [-0.05, 0) is 32.0 Å². The lowest BCUT2D eigenvalue weighted by atomic mass is 10.0. The van der Waals surface area contributed by atoms with E-state index >= 15 is 0 Å². The smallest absolute Gasteiger partial charge is 0.273 e. The number of nitrogens with one attached hydrogen (secondary N) is 2. The Hall–Kier alpha value is -1.86. The van der Waals surface area contributed by atoms with Gasteiger partial charge in [-0.2, -0.15) is 0 Å². The van der Waals surface area contributed by atoms with Crippen molar-refractivity contribution < 1.29 is 4.79 Å². The highest BCUT2D eigenvalue weighted by molar-refractivity contribution is 5.85. The molecule has 0 aromatic carbocycles. The number of hydrogen-bond donors (Lipinski definition) is 2. The molecule has 2 rings (SSSR count). The number of likely N-dealkylation sites (N-methyl/N-ethyl adjacent to an activating group) is 2. The van der Waals surface area contributed by atoms with E-state index in [0.717, 1.165) is 23.4 Å². The fourth-order valence-electron chi connectivity index (χ4n) is 2.60. The van der Waals surface area contributed by atoms with E-state index in [4.69, 9.17) is 0 Å². The molecule has 2 aromatic rings. The first-order valence-electron chi connectivity index (χ1n) is 7.30. The van der Waals surface area contributed by atoms with Gasteiger partial charge in [0.2, 0.25) is 5.91 Å². The minimum atomic E-state index is -0.167. The summed E-state index contributed by atoms with van der Waals surface area (Å²) in [5, 5.41) is 6.29. The molecule has 1 amide bonds. The van der Waals surface area contributed by atoms with Crippen molar-refractivity contribution >= 4 is 29.3 Å². The van der Waals surface area contributed by atoms with Gasteiger partial charge in [-0.25, -0.2) is 4.98 Å². The van der Waals surface area contributed by atoms with Gasteiger partial charge in [0.1, 0.15) is 0 Å². The largest absolute Gasteiger partial charge is 0.344 e. The summed E-state index contributed by atoms with van der Waals surface area (Å²) in [7, 11) is 5.39. The summed E-state index contributed by atoms with van der Waals surface area (Å²) in [6, 6.07) is 0. The number of H-pyrrole nitrogens is 1. The van der Waals surface area contributed by atoms with Crippen LogP contribution in [0, 0.1) is 13.8 Å². The highest BCUT2D eigenvalue weighted by atomic mass is 35.5. The quantitative estimate of drug-likeness (QED) is 0.830. The second-order valence-electron chi connectivity index (χ2n) is 5.59. The van der Waals surface area contributed by atoms with Crippen molar-refractivity contribution in [2.45, 2.75) is 20.3 Å². The molecule has 0 spiro atoms. The van der Waals surface area contributed by atoms with Crippen LogP contribution in [0.2, 0.25) is 0 Å². The zero-order valence-corrected chi connectivity index (χ0v) is 15.0. The van der Waals surface area contributed by atoms with E-state index in [1.807, 2.05) is 20.9 Å². The SMILES string of the molecule is CNCCN(C)C(=O)Cc1c(C)nc2c(c1C)c(=O)[nH]n2C.Cl. The number of carbonyl (C=O) groups is 1. The average molecular weight is 342 g/mol. The average Bonchev–Trinajstić information content (AvgIpc) is 2.75. The maximum Gasteiger partial charge on any atom is 0.273 e. The second kappa shape index (κ2) is 7.61. The van der Waals surface area contributed by atoms with Crippen LogP contribution in [-0.4, -0.2) is 52.8 Å². The van der Waals surface area contributed by atoms with Crippen LogP contribution in [0.15, 0.2) is 4.79 Å². The van der Waals surface area contributed by atoms with Crippen molar-refractivity contribution in [2.75, 3.05) is 27.2 Å². The molecule has 23 heavy (non-hydrogen) atoms. The lowest BCUT2D eigenvalue weighted by Gasteiger charge is -2.18. The zero-order valence-electron chi connectivity index (χ0n) is 14.2. The Morgan fingerprint density at radius 3 is 2.65 bits per heavy atom. The van der Waals surface area contributed by atoms with Crippen LogP contribution >= 0.6 is 12.4 Å². The number of pyridine rings is 1. The van der Waals surface area contributed by atoms with E-state index in [2.05, 4.69) is 15.4 Å². The summed E-state index contributed by atoms with van der Waals surface area (Å²) in [5.41, 5.74) is 2.92. The van der Waals surface area contributed by atoms with Crippen molar-refractivity contribution in [1.82, 2.24) is 25.0 Å². The number of fused-ring (bicyclic) bond motifs is 1. The molecule has 2 aromatic heterocycles. The summed E-state index contributed by atoms with van der Waals surface area (Å²) < 4.78 is 1.61. The molecule has 128 valence electrons. The Morgan fingerprint density at radius 2 is 2.04 bits per heavy atom. The van der Waals surface area contributed by atoms with E-state index < -0.39 is 0 Å². The summed E-state index contributed by atoms with van der Waals surface area (Å²) in [6.07, 6.45) is 0.259. The molecule has 0 atom stereocenters. The molecule has 0 aliphatic carbocycles. The molecule has 0 radical (unpaired) electrons. The molecule has 0 aliphatic rings. The van der Waals surface area contributed by atoms with Crippen molar-refractivity contribution in [2.24, 2.45) is 7.05 Å². The first kappa shape index (κ1) is 19.2.